The summed E-state index contributed by atoms with van der Waals surface area (Å²) in [5, 5.41) is 17.9. The molecule has 0 bridgehead atoms. The molecule has 3 aromatic carbocycles. The average Bonchev–Trinajstić information content (AvgIpc) is 4.00. The molecule has 0 spiro atoms. The highest BCUT2D eigenvalue weighted by Crippen LogP contribution is 2.57. The van der Waals surface area contributed by atoms with Crippen LogP contribution in [0.2, 0.25) is 10.0 Å². The molecule has 2 aliphatic carbocycles. The first-order valence-corrected chi connectivity index (χ1v) is 16.7. The van der Waals surface area contributed by atoms with E-state index in [1.165, 1.54) is 0 Å². The second kappa shape index (κ2) is 12.8. The first-order valence-electron chi connectivity index (χ1n) is 15.9. The number of carboxylic acids is 1. The Labute approximate surface area is 287 Å². The van der Waals surface area contributed by atoms with E-state index in [0.717, 1.165) is 34.4 Å². The van der Waals surface area contributed by atoms with Gasteiger partial charge >= 0.3 is 12.1 Å². The number of fused-ring (bicyclic) bond motifs is 3. The van der Waals surface area contributed by atoms with Gasteiger partial charge in [-0.3, -0.25) is 19.2 Å². The van der Waals surface area contributed by atoms with Crippen molar-refractivity contribution in [3.63, 3.8) is 0 Å². The van der Waals surface area contributed by atoms with Crippen molar-refractivity contribution in [3.8, 4) is 16.9 Å². The topological polar surface area (TPSA) is 123 Å². The van der Waals surface area contributed by atoms with E-state index < -0.39 is 17.5 Å². The van der Waals surface area contributed by atoms with Crippen LogP contribution in [0.1, 0.15) is 52.2 Å². The Kier molecular flexibility index (Phi) is 8.55. The zero-order valence-corrected chi connectivity index (χ0v) is 27.8. The molecule has 2 amide bonds. The Morgan fingerprint density at radius 2 is 1.88 bits per heavy atom. The number of hydrogen-bond acceptors (Lipinski definition) is 6. The number of ether oxygens (including phenoxy) is 2. The van der Waals surface area contributed by atoms with E-state index >= 15 is 0 Å². The largest absolute Gasteiger partial charge is 0.490 e. The van der Waals surface area contributed by atoms with Crippen LogP contribution in [0.15, 0.2) is 67.0 Å². The maximum absolute atomic E-state index is 13.3. The number of aromatic nitrogens is 2. The van der Waals surface area contributed by atoms with Gasteiger partial charge in [0.15, 0.2) is 0 Å². The molecule has 3 aliphatic rings. The third-order valence-electron chi connectivity index (χ3n) is 9.57. The van der Waals surface area contributed by atoms with Crippen LogP contribution in [0, 0.1) is 18.3 Å². The van der Waals surface area contributed by atoms with Gasteiger partial charge < -0.3 is 19.9 Å². The van der Waals surface area contributed by atoms with Gasteiger partial charge in [0.05, 0.1) is 23.8 Å². The van der Waals surface area contributed by atoms with E-state index in [1.807, 2.05) is 43.5 Å². The van der Waals surface area contributed by atoms with Gasteiger partial charge in [-0.25, -0.2) is 4.79 Å². The first kappa shape index (κ1) is 32.0. The second-order valence-electron chi connectivity index (χ2n) is 12.8. The van der Waals surface area contributed by atoms with Crippen molar-refractivity contribution in [3.05, 3.63) is 99.3 Å². The zero-order chi connectivity index (χ0) is 33.6. The molecule has 1 aliphatic heterocycles. The number of nitrogens with zero attached hydrogens (tertiary/aromatic N) is 3. The Hall–Kier alpha value is -4.54. The van der Waals surface area contributed by atoms with Crippen molar-refractivity contribution in [2.24, 2.45) is 11.3 Å². The van der Waals surface area contributed by atoms with Crippen LogP contribution in [0.3, 0.4) is 0 Å². The smallest absolute Gasteiger partial charge is 0.414 e. The molecule has 7 rings (SSSR count). The molecule has 2 fully saturated rings. The zero-order valence-electron chi connectivity index (χ0n) is 26.2. The summed E-state index contributed by atoms with van der Waals surface area (Å²) in [4.78, 5) is 39.3. The molecule has 2 atom stereocenters. The average molecular weight is 690 g/mol. The molecular weight excluding hydrogens is 655 g/mol. The maximum atomic E-state index is 13.3. The molecule has 1 aromatic heterocycles. The summed E-state index contributed by atoms with van der Waals surface area (Å²) >= 11 is 12.7. The maximum Gasteiger partial charge on any atom is 0.414 e. The van der Waals surface area contributed by atoms with E-state index in [4.69, 9.17) is 32.7 Å². The van der Waals surface area contributed by atoms with Crippen molar-refractivity contribution in [1.29, 1.82) is 0 Å². The second-order valence-corrected chi connectivity index (χ2v) is 13.6. The third kappa shape index (κ3) is 6.34. The molecule has 48 heavy (non-hydrogen) atoms. The highest BCUT2D eigenvalue weighted by molar-refractivity contribution is 6.31. The van der Waals surface area contributed by atoms with Crippen LogP contribution in [0.25, 0.3) is 11.1 Å². The standard InChI is InChI=1S/C36H34Cl2N4O6/c1-21-28(37)5-3-7-31(21)47-12-13-48-35(46)42-19-23-15-27(23)32-26(4-2-6-30(32)42)25-16-40-41(18-25)17-24-14-22(8-9-29(24)38)33(43)39-20-36(10-11-36)34(44)45/h2-9,14,16,18,23,27H,10-13,15,17,19-20H2,1H3,(H,39,43)(H,44,45)/t23-,27-/m0/s1. The lowest BCUT2D eigenvalue weighted by molar-refractivity contribution is -0.143. The van der Waals surface area contributed by atoms with E-state index in [9.17, 15) is 19.5 Å². The number of benzene rings is 3. The normalized spacial score (nSPS) is 18.4. The SMILES string of the molecule is Cc1c(Cl)cccc1OCCOC(=O)N1C[C@@H]2C[C@@H]2c2c(-c3cnn(Cc4cc(C(=O)NCC5(C(=O)O)CC5)ccc4Cl)c3)cccc21. The predicted octanol–water partition coefficient (Wildman–Crippen LogP) is 6.95. The fraction of sp³-hybridized carbons (Fsp3) is 0.333. The van der Waals surface area contributed by atoms with Crippen LogP contribution in [0.5, 0.6) is 5.75 Å². The van der Waals surface area contributed by atoms with Gasteiger partial charge in [0.25, 0.3) is 5.91 Å². The van der Waals surface area contributed by atoms with Crippen LogP contribution >= 0.6 is 23.2 Å². The molecule has 248 valence electrons. The van der Waals surface area contributed by atoms with Gasteiger partial charge in [-0.2, -0.15) is 5.10 Å². The van der Waals surface area contributed by atoms with Gasteiger partial charge in [-0.1, -0.05) is 41.4 Å². The molecule has 2 N–H and O–H groups in total. The number of carbonyl (C=O) groups excluding carboxylic acids is 2. The third-order valence-corrected chi connectivity index (χ3v) is 10.3. The van der Waals surface area contributed by atoms with Gasteiger partial charge in [0.1, 0.15) is 19.0 Å². The molecular formula is C36H34Cl2N4O6. The molecule has 2 heterocycles. The number of aliphatic carboxylic acids is 1. The lowest BCUT2D eigenvalue weighted by Crippen LogP contribution is -2.37. The fourth-order valence-electron chi connectivity index (χ4n) is 6.41. The molecule has 12 heteroatoms. The minimum Gasteiger partial charge on any atom is -0.490 e. The molecule has 0 unspecified atom stereocenters. The van der Waals surface area contributed by atoms with E-state index in [1.54, 1.807) is 40.0 Å². The minimum absolute atomic E-state index is 0.0954. The number of halogens is 2. The van der Waals surface area contributed by atoms with Crippen molar-refractivity contribution in [1.82, 2.24) is 15.1 Å². The van der Waals surface area contributed by atoms with Gasteiger partial charge in [-0.05, 0) is 91.1 Å². The molecule has 2 saturated carbocycles. The highest BCUT2D eigenvalue weighted by atomic mass is 35.5. The van der Waals surface area contributed by atoms with Crippen LogP contribution in [-0.4, -0.2) is 59.2 Å². The van der Waals surface area contributed by atoms with Crippen molar-refractivity contribution < 1.29 is 29.0 Å². The quantitative estimate of drug-likeness (QED) is 0.164. The van der Waals surface area contributed by atoms with E-state index in [-0.39, 0.29) is 25.7 Å². The van der Waals surface area contributed by atoms with Crippen molar-refractivity contribution in [2.45, 2.75) is 38.6 Å². The van der Waals surface area contributed by atoms with Gasteiger partial charge in [0, 0.05) is 46.0 Å². The van der Waals surface area contributed by atoms with Crippen LogP contribution < -0.4 is 15.0 Å². The number of nitrogens with one attached hydrogen (secondary N) is 1. The summed E-state index contributed by atoms with van der Waals surface area (Å²) in [7, 11) is 0. The van der Waals surface area contributed by atoms with Crippen LogP contribution in [0.4, 0.5) is 10.5 Å². The Balaban J connectivity index is 1.03. The number of anilines is 1. The lowest BCUT2D eigenvalue weighted by atomic mass is 9.93. The summed E-state index contributed by atoms with van der Waals surface area (Å²) in [6, 6.07) is 16.4. The summed E-state index contributed by atoms with van der Waals surface area (Å²) in [6.45, 7) is 3.22. The summed E-state index contributed by atoms with van der Waals surface area (Å²) in [5.74, 6) is 0.156. The summed E-state index contributed by atoms with van der Waals surface area (Å²) in [6.07, 6.45) is 5.44. The summed E-state index contributed by atoms with van der Waals surface area (Å²) in [5.41, 5.74) is 4.97. The Bertz CT molecular complexity index is 1920. The Morgan fingerprint density at radius 3 is 2.67 bits per heavy atom. The Morgan fingerprint density at radius 1 is 1.06 bits per heavy atom. The van der Waals surface area contributed by atoms with Crippen LogP contribution in [-0.2, 0) is 16.1 Å². The molecule has 4 aromatic rings. The number of carboxylic acid groups (broad SMARTS) is 1. The van der Waals surface area contributed by atoms with Gasteiger partial charge in [0.2, 0.25) is 0 Å². The van der Waals surface area contributed by atoms with E-state index in [0.29, 0.717) is 64.7 Å². The van der Waals surface area contributed by atoms with Gasteiger partial charge in [-0.15, -0.1) is 0 Å². The highest BCUT2D eigenvalue weighted by Gasteiger charge is 2.50. The summed E-state index contributed by atoms with van der Waals surface area (Å²) < 4.78 is 13.2. The van der Waals surface area contributed by atoms with Crippen molar-refractivity contribution >= 4 is 46.9 Å². The predicted molar refractivity (Wildman–Crippen MR) is 181 cm³/mol. The van der Waals surface area contributed by atoms with E-state index in [2.05, 4.69) is 10.4 Å². The van der Waals surface area contributed by atoms with Crippen molar-refractivity contribution in [2.75, 3.05) is 31.2 Å². The number of rotatable bonds is 11. The molecule has 0 saturated heterocycles. The minimum atomic E-state index is -0.885. The fourth-order valence-corrected chi connectivity index (χ4v) is 6.75. The molecule has 0 radical (unpaired) electrons. The number of amides is 2. The number of hydrogen-bond donors (Lipinski definition) is 2. The lowest BCUT2D eigenvalue weighted by Gasteiger charge is -2.29. The first-order chi connectivity index (χ1) is 23.1. The number of carbonyl (C=O) groups is 3. The monoisotopic (exact) mass is 688 g/mol. The molecule has 10 nitrogen and oxygen atoms in total.